The largest absolute Gasteiger partial charge is 0.425 e. The van der Waals surface area contributed by atoms with Crippen LogP contribution in [-0.2, 0) is 28.7 Å². The Morgan fingerprint density at radius 3 is 1.53 bits per heavy atom. The lowest BCUT2D eigenvalue weighted by Crippen LogP contribution is -2.25. The molecule has 0 saturated heterocycles. The third-order valence-electron chi connectivity index (χ3n) is 1.55. The first-order valence-electron chi connectivity index (χ1n) is 5.02. The van der Waals surface area contributed by atoms with Crippen molar-refractivity contribution >= 4 is 23.5 Å². The molecule has 6 heteroatoms. The SMILES string of the molecule is [CH2]CC(OC(=O)CC(C)=O)OC(=O)CC(C)=O. The highest BCUT2D eigenvalue weighted by Gasteiger charge is 2.18. The molecule has 0 fully saturated rings. The predicted molar refractivity (Wildman–Crippen MR) is 56.5 cm³/mol. The van der Waals surface area contributed by atoms with Crippen molar-refractivity contribution in [3.05, 3.63) is 6.92 Å². The van der Waals surface area contributed by atoms with Crippen LogP contribution in [0, 0.1) is 6.92 Å². The van der Waals surface area contributed by atoms with Crippen LogP contribution in [-0.4, -0.2) is 29.8 Å². The molecule has 95 valence electrons. The van der Waals surface area contributed by atoms with Crippen LogP contribution in [0.25, 0.3) is 0 Å². The molecular weight excluding hydrogens is 228 g/mol. The van der Waals surface area contributed by atoms with Gasteiger partial charge in [-0.1, -0.05) is 0 Å². The monoisotopic (exact) mass is 243 g/mol. The van der Waals surface area contributed by atoms with Gasteiger partial charge in [-0.05, 0) is 20.8 Å². The molecule has 0 heterocycles. The fourth-order valence-electron chi connectivity index (χ4n) is 0.925. The van der Waals surface area contributed by atoms with Crippen LogP contribution in [0.4, 0.5) is 0 Å². The average molecular weight is 243 g/mol. The van der Waals surface area contributed by atoms with Gasteiger partial charge >= 0.3 is 11.9 Å². The van der Waals surface area contributed by atoms with Gasteiger partial charge in [0.05, 0.1) is 0 Å². The molecule has 6 nitrogen and oxygen atoms in total. The first-order chi connectivity index (χ1) is 7.85. The van der Waals surface area contributed by atoms with Crippen molar-refractivity contribution in [2.75, 3.05) is 0 Å². The van der Waals surface area contributed by atoms with Crippen molar-refractivity contribution in [2.24, 2.45) is 0 Å². The quantitative estimate of drug-likeness (QED) is 0.369. The standard InChI is InChI=1S/C11H15O6/c1-4-11(16-9(14)5-7(2)12)17-10(15)6-8(3)13/h11H,1,4-6H2,2-3H3. The summed E-state index contributed by atoms with van der Waals surface area (Å²) in [6, 6.07) is 0. The molecular formula is C11H15O6. The predicted octanol–water partition coefficient (Wildman–Crippen LogP) is 0.581. The second-order valence-corrected chi connectivity index (χ2v) is 3.46. The first kappa shape index (κ1) is 15.3. The van der Waals surface area contributed by atoms with E-state index in [4.69, 9.17) is 0 Å². The van der Waals surface area contributed by atoms with Gasteiger partial charge in [0.25, 0.3) is 0 Å². The summed E-state index contributed by atoms with van der Waals surface area (Å²) in [6.45, 7) is 5.90. The van der Waals surface area contributed by atoms with E-state index in [0.29, 0.717) is 0 Å². The maximum atomic E-state index is 11.1. The molecule has 0 spiro atoms. The summed E-state index contributed by atoms with van der Waals surface area (Å²) in [5, 5.41) is 0. The number of hydrogen-bond donors (Lipinski definition) is 0. The van der Waals surface area contributed by atoms with Crippen LogP contribution in [0.5, 0.6) is 0 Å². The zero-order chi connectivity index (χ0) is 13.4. The van der Waals surface area contributed by atoms with Gasteiger partial charge in [-0.3, -0.25) is 19.2 Å². The topological polar surface area (TPSA) is 86.7 Å². The number of hydrogen-bond acceptors (Lipinski definition) is 6. The number of Topliss-reactive ketones (excluding diaryl/α,β-unsaturated/α-hetero) is 2. The third kappa shape index (κ3) is 8.12. The van der Waals surface area contributed by atoms with Gasteiger partial charge in [0.2, 0.25) is 6.29 Å². The highest BCUT2D eigenvalue weighted by Crippen LogP contribution is 2.04. The number of esters is 2. The van der Waals surface area contributed by atoms with E-state index in [1.165, 1.54) is 13.8 Å². The zero-order valence-electron chi connectivity index (χ0n) is 9.86. The number of ketones is 2. The van der Waals surface area contributed by atoms with Gasteiger partial charge < -0.3 is 9.47 Å². The van der Waals surface area contributed by atoms with E-state index in [9.17, 15) is 19.2 Å². The Morgan fingerprint density at radius 2 is 1.29 bits per heavy atom. The Balaban J connectivity index is 4.15. The normalized spacial score (nSPS) is 9.88. The Bertz CT molecular complexity index is 290. The molecule has 0 aliphatic rings. The summed E-state index contributed by atoms with van der Waals surface area (Å²) in [5.41, 5.74) is 0. The van der Waals surface area contributed by atoms with Crippen molar-refractivity contribution in [1.29, 1.82) is 0 Å². The summed E-state index contributed by atoms with van der Waals surface area (Å²) in [7, 11) is 0. The first-order valence-corrected chi connectivity index (χ1v) is 5.02. The van der Waals surface area contributed by atoms with E-state index < -0.39 is 18.2 Å². The number of carbonyl (C=O) groups is 4. The molecule has 0 atom stereocenters. The summed E-state index contributed by atoms with van der Waals surface area (Å²) in [6.07, 6.45) is -1.93. The van der Waals surface area contributed by atoms with Gasteiger partial charge in [-0.2, -0.15) is 0 Å². The van der Waals surface area contributed by atoms with Crippen LogP contribution >= 0.6 is 0 Å². The van der Waals surface area contributed by atoms with Crippen LogP contribution in [0.3, 0.4) is 0 Å². The lowest BCUT2D eigenvalue weighted by atomic mass is 10.3. The van der Waals surface area contributed by atoms with E-state index >= 15 is 0 Å². The molecule has 0 amide bonds. The summed E-state index contributed by atoms with van der Waals surface area (Å²) >= 11 is 0. The van der Waals surface area contributed by atoms with Crippen LogP contribution < -0.4 is 0 Å². The molecule has 0 rings (SSSR count). The molecule has 0 aliphatic carbocycles. The Hall–Kier alpha value is -1.72. The number of ether oxygens (including phenoxy) is 2. The Kier molecular flexibility index (Phi) is 6.77. The fraction of sp³-hybridized carbons (Fsp3) is 0.545. The smallest absolute Gasteiger partial charge is 0.316 e. The fourth-order valence-corrected chi connectivity index (χ4v) is 0.925. The van der Waals surface area contributed by atoms with Crippen LogP contribution in [0.15, 0.2) is 0 Å². The van der Waals surface area contributed by atoms with Crippen molar-refractivity contribution in [3.63, 3.8) is 0 Å². The average Bonchev–Trinajstić information content (AvgIpc) is 2.13. The Morgan fingerprint density at radius 1 is 0.941 bits per heavy atom. The van der Waals surface area contributed by atoms with Crippen LogP contribution in [0.1, 0.15) is 33.1 Å². The van der Waals surface area contributed by atoms with Crippen molar-refractivity contribution in [3.8, 4) is 0 Å². The maximum Gasteiger partial charge on any atom is 0.316 e. The highest BCUT2D eigenvalue weighted by molar-refractivity contribution is 5.95. The minimum atomic E-state index is -1.16. The molecule has 0 saturated carbocycles. The number of carbonyl (C=O) groups excluding carboxylic acids is 4. The summed E-state index contributed by atoms with van der Waals surface area (Å²) in [4.78, 5) is 43.4. The third-order valence-corrected chi connectivity index (χ3v) is 1.55. The van der Waals surface area contributed by atoms with Gasteiger partial charge in [-0.15, -0.1) is 0 Å². The highest BCUT2D eigenvalue weighted by atomic mass is 16.7. The second-order valence-electron chi connectivity index (χ2n) is 3.46. The molecule has 0 N–H and O–H groups in total. The van der Waals surface area contributed by atoms with E-state index in [1.807, 2.05) is 0 Å². The van der Waals surface area contributed by atoms with Gasteiger partial charge in [0.1, 0.15) is 24.4 Å². The van der Waals surface area contributed by atoms with Crippen LogP contribution in [0.2, 0.25) is 0 Å². The van der Waals surface area contributed by atoms with E-state index in [0.717, 1.165) is 0 Å². The van der Waals surface area contributed by atoms with Gasteiger partial charge in [0.15, 0.2) is 0 Å². The van der Waals surface area contributed by atoms with Gasteiger partial charge in [0, 0.05) is 6.42 Å². The molecule has 0 bridgehead atoms. The van der Waals surface area contributed by atoms with Crippen molar-refractivity contribution in [2.45, 2.75) is 39.4 Å². The minimum Gasteiger partial charge on any atom is -0.425 e. The molecule has 0 aromatic carbocycles. The molecule has 1 radical (unpaired) electrons. The zero-order valence-corrected chi connectivity index (χ0v) is 9.86. The van der Waals surface area contributed by atoms with E-state index in [-0.39, 0.29) is 30.8 Å². The minimum absolute atomic E-state index is 0.00723. The summed E-state index contributed by atoms with van der Waals surface area (Å²) < 4.78 is 9.37. The molecule has 0 aromatic rings. The van der Waals surface area contributed by atoms with Crippen molar-refractivity contribution in [1.82, 2.24) is 0 Å². The lowest BCUT2D eigenvalue weighted by Gasteiger charge is -2.15. The second kappa shape index (κ2) is 7.54. The van der Waals surface area contributed by atoms with E-state index in [2.05, 4.69) is 16.4 Å². The molecule has 17 heavy (non-hydrogen) atoms. The molecule has 0 aromatic heterocycles. The lowest BCUT2D eigenvalue weighted by molar-refractivity contribution is -0.187. The van der Waals surface area contributed by atoms with Crippen molar-refractivity contribution < 1.29 is 28.7 Å². The summed E-state index contributed by atoms with van der Waals surface area (Å²) in [5.74, 6) is -2.29. The number of rotatable bonds is 7. The Labute approximate surface area is 99.3 Å². The van der Waals surface area contributed by atoms with Gasteiger partial charge in [-0.25, -0.2) is 0 Å². The maximum absolute atomic E-state index is 11.1. The molecule has 0 aliphatic heterocycles. The van der Waals surface area contributed by atoms with E-state index in [1.54, 1.807) is 0 Å². The molecule has 0 unspecified atom stereocenters.